The molecule has 0 aliphatic heterocycles. The molecule has 0 amide bonds. The second-order valence-corrected chi connectivity index (χ2v) is 7.31. The van der Waals surface area contributed by atoms with Crippen LogP contribution in [0, 0.1) is 0 Å². The van der Waals surface area contributed by atoms with Gasteiger partial charge in [-0.2, -0.15) is 0 Å². The average Bonchev–Trinajstić information content (AvgIpc) is 2.85. The lowest BCUT2D eigenvalue weighted by atomic mass is 10.2. The van der Waals surface area contributed by atoms with Crippen molar-refractivity contribution in [3.63, 3.8) is 0 Å². The minimum atomic E-state index is -0.744. The van der Waals surface area contributed by atoms with E-state index in [1.807, 2.05) is 13.8 Å². The molecular formula is C26H26O8. The first-order valence-corrected chi connectivity index (χ1v) is 10.9. The van der Waals surface area contributed by atoms with Gasteiger partial charge in [-0.15, -0.1) is 0 Å². The molecule has 0 aromatic heterocycles. The number of benzene rings is 3. The number of hydrogen-bond acceptors (Lipinski definition) is 8. The minimum Gasteiger partial charge on any atom is -0.504 e. The number of esters is 2. The standard InChI is InChI=1S/C26H26O8/c1-3-13-31-19-9-5-17(6-10-19)25(29)33-23-15-22(28)24(16-21(23)27)34-26(30)18-7-11-20(12-8-18)32-14-4-2/h5-12,15-16,27-28H,3-4,13-14H2,1-2H3. The molecule has 0 heterocycles. The van der Waals surface area contributed by atoms with E-state index in [1.54, 1.807) is 24.3 Å². The van der Waals surface area contributed by atoms with Gasteiger partial charge in [0.2, 0.25) is 0 Å². The number of aromatic hydroxyl groups is 2. The summed E-state index contributed by atoms with van der Waals surface area (Å²) < 4.78 is 21.3. The maximum atomic E-state index is 12.4. The van der Waals surface area contributed by atoms with Crippen LogP contribution in [-0.2, 0) is 0 Å². The van der Waals surface area contributed by atoms with Crippen LogP contribution in [0.2, 0.25) is 0 Å². The molecule has 0 radical (unpaired) electrons. The number of ether oxygens (including phenoxy) is 4. The Balaban J connectivity index is 1.66. The first-order valence-electron chi connectivity index (χ1n) is 10.9. The summed E-state index contributed by atoms with van der Waals surface area (Å²) in [6.07, 6.45) is 1.72. The Morgan fingerprint density at radius 1 is 0.647 bits per heavy atom. The highest BCUT2D eigenvalue weighted by molar-refractivity contribution is 5.92. The van der Waals surface area contributed by atoms with E-state index >= 15 is 0 Å². The lowest BCUT2D eigenvalue weighted by Gasteiger charge is -2.11. The van der Waals surface area contributed by atoms with Crippen molar-refractivity contribution < 1.29 is 38.7 Å². The van der Waals surface area contributed by atoms with E-state index in [4.69, 9.17) is 18.9 Å². The van der Waals surface area contributed by atoms with Crippen LogP contribution in [0.5, 0.6) is 34.5 Å². The zero-order valence-electron chi connectivity index (χ0n) is 18.9. The highest BCUT2D eigenvalue weighted by Crippen LogP contribution is 2.39. The van der Waals surface area contributed by atoms with Crippen LogP contribution >= 0.6 is 0 Å². The highest BCUT2D eigenvalue weighted by atomic mass is 16.6. The van der Waals surface area contributed by atoms with Gasteiger partial charge in [-0.1, -0.05) is 13.8 Å². The van der Waals surface area contributed by atoms with Crippen LogP contribution in [0.4, 0.5) is 0 Å². The fraction of sp³-hybridized carbons (Fsp3) is 0.231. The zero-order valence-corrected chi connectivity index (χ0v) is 18.9. The lowest BCUT2D eigenvalue weighted by molar-refractivity contribution is 0.0711. The third-order valence-electron chi connectivity index (χ3n) is 4.57. The van der Waals surface area contributed by atoms with Gasteiger partial charge in [0.25, 0.3) is 0 Å². The third kappa shape index (κ3) is 6.41. The summed E-state index contributed by atoms with van der Waals surface area (Å²) in [5, 5.41) is 20.5. The Bertz CT molecular complexity index is 1030. The van der Waals surface area contributed by atoms with Crippen LogP contribution in [0.25, 0.3) is 0 Å². The molecule has 34 heavy (non-hydrogen) atoms. The Morgan fingerprint density at radius 2 is 1.00 bits per heavy atom. The number of carbonyl (C=O) groups excluding carboxylic acids is 2. The van der Waals surface area contributed by atoms with Crippen molar-refractivity contribution in [3.05, 3.63) is 71.8 Å². The van der Waals surface area contributed by atoms with Gasteiger partial charge in [-0.3, -0.25) is 0 Å². The lowest BCUT2D eigenvalue weighted by Crippen LogP contribution is -2.10. The first-order chi connectivity index (χ1) is 16.4. The summed E-state index contributed by atoms with van der Waals surface area (Å²) in [4.78, 5) is 24.8. The SMILES string of the molecule is CCCOc1ccc(C(=O)Oc2cc(O)c(OC(=O)c3ccc(OCCC)cc3)cc2O)cc1. The molecule has 0 fully saturated rings. The number of phenols is 2. The van der Waals surface area contributed by atoms with Crippen molar-refractivity contribution >= 4 is 11.9 Å². The molecule has 0 atom stereocenters. The van der Waals surface area contributed by atoms with E-state index in [0.29, 0.717) is 24.7 Å². The van der Waals surface area contributed by atoms with Gasteiger partial charge in [0.05, 0.1) is 24.3 Å². The summed E-state index contributed by atoms with van der Waals surface area (Å²) in [6.45, 7) is 5.10. The molecule has 8 nitrogen and oxygen atoms in total. The van der Waals surface area contributed by atoms with Gasteiger partial charge in [0, 0.05) is 12.1 Å². The molecule has 2 N–H and O–H groups in total. The predicted molar refractivity (Wildman–Crippen MR) is 124 cm³/mol. The zero-order chi connectivity index (χ0) is 24.5. The van der Waals surface area contributed by atoms with E-state index in [0.717, 1.165) is 25.0 Å². The molecule has 8 heteroatoms. The summed E-state index contributed by atoms with van der Waals surface area (Å²) in [5.41, 5.74) is 0.453. The maximum Gasteiger partial charge on any atom is 0.343 e. The van der Waals surface area contributed by atoms with E-state index in [1.165, 1.54) is 24.3 Å². The summed E-state index contributed by atoms with van der Waals surface area (Å²) in [7, 11) is 0. The number of carbonyl (C=O) groups is 2. The molecular weight excluding hydrogens is 440 g/mol. The Hall–Kier alpha value is -4.20. The molecule has 0 unspecified atom stereocenters. The molecule has 3 aromatic carbocycles. The van der Waals surface area contributed by atoms with Crippen molar-refractivity contribution in [2.45, 2.75) is 26.7 Å². The van der Waals surface area contributed by atoms with Crippen LogP contribution < -0.4 is 18.9 Å². The molecule has 178 valence electrons. The smallest absolute Gasteiger partial charge is 0.343 e. The van der Waals surface area contributed by atoms with Crippen LogP contribution in [0.3, 0.4) is 0 Å². The minimum absolute atomic E-state index is 0.226. The van der Waals surface area contributed by atoms with Gasteiger partial charge >= 0.3 is 11.9 Å². The maximum absolute atomic E-state index is 12.4. The first kappa shape index (κ1) is 24.4. The van der Waals surface area contributed by atoms with Gasteiger partial charge in [0.1, 0.15) is 11.5 Å². The predicted octanol–water partition coefficient (Wildman–Crippen LogP) is 5.11. The van der Waals surface area contributed by atoms with E-state index in [9.17, 15) is 19.8 Å². The van der Waals surface area contributed by atoms with Gasteiger partial charge in [0.15, 0.2) is 23.0 Å². The molecule has 0 bridgehead atoms. The van der Waals surface area contributed by atoms with Crippen molar-refractivity contribution in [3.8, 4) is 34.5 Å². The van der Waals surface area contributed by atoms with Gasteiger partial charge in [-0.25, -0.2) is 9.59 Å². The fourth-order valence-electron chi connectivity index (χ4n) is 2.83. The Labute approximate surface area is 197 Å². The molecule has 0 aliphatic rings. The quantitative estimate of drug-likeness (QED) is 0.241. The van der Waals surface area contributed by atoms with Crippen molar-refractivity contribution in [2.24, 2.45) is 0 Å². The molecule has 0 aliphatic carbocycles. The number of phenolic OH excluding ortho intramolecular Hbond substituents is 2. The number of rotatable bonds is 10. The molecule has 0 spiro atoms. The molecule has 3 rings (SSSR count). The van der Waals surface area contributed by atoms with Crippen molar-refractivity contribution in [2.75, 3.05) is 13.2 Å². The van der Waals surface area contributed by atoms with E-state index in [-0.39, 0.29) is 22.6 Å². The van der Waals surface area contributed by atoms with Gasteiger partial charge in [-0.05, 0) is 61.4 Å². The fourth-order valence-corrected chi connectivity index (χ4v) is 2.83. The highest BCUT2D eigenvalue weighted by Gasteiger charge is 2.18. The second-order valence-electron chi connectivity index (χ2n) is 7.31. The van der Waals surface area contributed by atoms with Crippen LogP contribution in [0.15, 0.2) is 60.7 Å². The summed E-state index contributed by atoms with van der Waals surface area (Å²) in [6, 6.07) is 14.6. The molecule has 0 saturated carbocycles. The topological polar surface area (TPSA) is 112 Å². The average molecular weight is 466 g/mol. The molecule has 0 saturated heterocycles. The van der Waals surface area contributed by atoms with E-state index in [2.05, 4.69) is 0 Å². The van der Waals surface area contributed by atoms with Crippen molar-refractivity contribution in [1.29, 1.82) is 0 Å². The van der Waals surface area contributed by atoms with Gasteiger partial charge < -0.3 is 29.2 Å². The largest absolute Gasteiger partial charge is 0.504 e. The van der Waals surface area contributed by atoms with Crippen molar-refractivity contribution in [1.82, 2.24) is 0 Å². The summed E-state index contributed by atoms with van der Waals surface area (Å²) >= 11 is 0. The second kappa shape index (κ2) is 11.6. The van der Waals surface area contributed by atoms with Crippen LogP contribution in [0.1, 0.15) is 47.4 Å². The van der Waals surface area contributed by atoms with E-state index < -0.39 is 23.4 Å². The monoisotopic (exact) mass is 466 g/mol. The normalized spacial score (nSPS) is 10.4. The summed E-state index contributed by atoms with van der Waals surface area (Å²) in [5.74, 6) is -1.79. The Kier molecular flexibility index (Phi) is 8.34. The van der Waals surface area contributed by atoms with Crippen LogP contribution in [-0.4, -0.2) is 35.4 Å². The third-order valence-corrected chi connectivity index (χ3v) is 4.57. The number of hydrogen-bond donors (Lipinski definition) is 2. The Morgan fingerprint density at radius 3 is 1.32 bits per heavy atom. The molecule has 3 aromatic rings.